The zero-order valence-corrected chi connectivity index (χ0v) is 11.7. The van der Waals surface area contributed by atoms with Gasteiger partial charge >= 0.3 is 0 Å². The Morgan fingerprint density at radius 1 is 0.733 bits per heavy atom. The molecule has 0 heteroatoms. The molecule has 0 aromatic heterocycles. The van der Waals surface area contributed by atoms with Crippen molar-refractivity contribution >= 4 is 0 Å². The summed E-state index contributed by atoms with van der Waals surface area (Å²) in [4.78, 5) is 0. The van der Waals surface area contributed by atoms with Gasteiger partial charge in [0, 0.05) is 0 Å². The number of hydrogen-bond acceptors (Lipinski definition) is 0. The third-order valence-corrected chi connectivity index (χ3v) is 1.58. The smallest absolute Gasteiger partial charge is 0.0289 e. The minimum Gasteiger partial charge on any atom is -0.100 e. The third kappa shape index (κ3) is 43.0. The van der Waals surface area contributed by atoms with Crippen molar-refractivity contribution in [2.45, 2.75) is 60.8 Å². The van der Waals surface area contributed by atoms with E-state index in [0.717, 1.165) is 19.3 Å². The molecule has 0 aromatic rings. The minimum atomic E-state index is 1.09. The first-order valence-electron chi connectivity index (χ1n) is 5.83. The fraction of sp³-hybridized carbons (Fsp3) is 0.600. The molecule has 0 heterocycles. The Morgan fingerprint density at radius 3 is 1.00 bits per heavy atom. The Bertz CT molecular complexity index is 158. The molecule has 15 heavy (non-hydrogen) atoms. The van der Waals surface area contributed by atoms with Crippen LogP contribution in [-0.2, 0) is 0 Å². The molecule has 0 saturated heterocycles. The van der Waals surface area contributed by atoms with Gasteiger partial charge in [0.05, 0.1) is 0 Å². The topological polar surface area (TPSA) is 0 Å². The van der Waals surface area contributed by atoms with Gasteiger partial charge in [0.25, 0.3) is 0 Å². The molecule has 0 aliphatic carbocycles. The van der Waals surface area contributed by atoms with Crippen molar-refractivity contribution < 1.29 is 0 Å². The van der Waals surface area contributed by atoms with Crippen LogP contribution in [0.1, 0.15) is 60.8 Å². The van der Waals surface area contributed by atoms with Gasteiger partial charge in [-0.05, 0) is 40.0 Å². The van der Waals surface area contributed by atoms with Crippen LogP contribution in [-0.4, -0.2) is 0 Å². The van der Waals surface area contributed by atoms with Crippen molar-refractivity contribution in [1.29, 1.82) is 0 Å². The van der Waals surface area contributed by atoms with Crippen LogP contribution in [0.3, 0.4) is 0 Å². The summed E-state index contributed by atoms with van der Waals surface area (Å²) in [5.74, 6) is 0. The summed E-state index contributed by atoms with van der Waals surface area (Å²) in [6, 6.07) is 0. The van der Waals surface area contributed by atoms with Gasteiger partial charge in [-0.3, -0.25) is 0 Å². The van der Waals surface area contributed by atoms with Gasteiger partial charge in [0.1, 0.15) is 0 Å². The summed E-state index contributed by atoms with van der Waals surface area (Å²) < 4.78 is 0. The summed E-state index contributed by atoms with van der Waals surface area (Å²) in [6.07, 6.45) is 3.30. The molecule has 0 amide bonds. The Hall–Kier alpha value is -0.780. The van der Waals surface area contributed by atoms with E-state index in [1.807, 2.05) is 34.6 Å². The van der Waals surface area contributed by atoms with Crippen LogP contribution < -0.4 is 0 Å². The zero-order chi connectivity index (χ0) is 12.9. The lowest BCUT2D eigenvalue weighted by Crippen LogP contribution is -1.75. The van der Waals surface area contributed by atoms with E-state index in [2.05, 4.69) is 26.7 Å². The lowest BCUT2D eigenvalue weighted by molar-refractivity contribution is 0.933. The molecule has 0 rings (SSSR count). The van der Waals surface area contributed by atoms with Crippen molar-refractivity contribution in [3.8, 4) is 0 Å². The van der Waals surface area contributed by atoms with Gasteiger partial charge < -0.3 is 0 Å². The molecule has 0 saturated carbocycles. The predicted molar refractivity (Wildman–Crippen MR) is 75.3 cm³/mol. The first kappa shape index (κ1) is 19.7. The van der Waals surface area contributed by atoms with Crippen LogP contribution in [0, 0.1) is 0 Å². The molecule has 0 atom stereocenters. The van der Waals surface area contributed by atoms with E-state index >= 15 is 0 Å². The van der Waals surface area contributed by atoms with E-state index in [1.165, 1.54) is 16.7 Å². The van der Waals surface area contributed by atoms with Crippen LogP contribution in [0.4, 0.5) is 0 Å². The lowest BCUT2D eigenvalue weighted by Gasteiger charge is -1.95. The first-order valence-corrected chi connectivity index (χ1v) is 5.83. The maximum atomic E-state index is 3.79. The highest BCUT2D eigenvalue weighted by Crippen LogP contribution is 2.05. The average molecular weight is 210 g/mol. The number of allylic oxidation sites excluding steroid dienone is 3. The van der Waals surface area contributed by atoms with Crippen molar-refractivity contribution in [3.05, 3.63) is 36.5 Å². The van der Waals surface area contributed by atoms with Crippen molar-refractivity contribution in [3.63, 3.8) is 0 Å². The Balaban J connectivity index is -0.000000177. The second-order valence-electron chi connectivity index (χ2n) is 3.72. The molecule has 0 radical (unpaired) electrons. The second-order valence-corrected chi connectivity index (χ2v) is 3.72. The SMILES string of the molecule is C=C(C)CC.C=C(C)CCC(=C)C.CC. The van der Waals surface area contributed by atoms with Crippen LogP contribution in [0.5, 0.6) is 0 Å². The molecule has 0 unspecified atom stereocenters. The fourth-order valence-electron chi connectivity index (χ4n) is 0.427. The van der Waals surface area contributed by atoms with E-state index < -0.39 is 0 Å². The summed E-state index contributed by atoms with van der Waals surface area (Å²) in [6.45, 7) is 23.5. The van der Waals surface area contributed by atoms with Crippen LogP contribution in [0.15, 0.2) is 36.5 Å². The van der Waals surface area contributed by atoms with Gasteiger partial charge in [-0.25, -0.2) is 0 Å². The molecule has 0 aromatic carbocycles. The van der Waals surface area contributed by atoms with Gasteiger partial charge in [-0.15, -0.1) is 19.7 Å². The standard InChI is InChI=1S/C8H14.C5H10.C2H6/c1-7(2)5-6-8(3)4;1-4-5(2)3;1-2/h1,3,5-6H2,2,4H3;2,4H2,1,3H3;1-2H3. The van der Waals surface area contributed by atoms with Crippen LogP contribution >= 0.6 is 0 Å². The van der Waals surface area contributed by atoms with Gasteiger partial charge in [-0.1, -0.05) is 37.5 Å². The van der Waals surface area contributed by atoms with E-state index in [9.17, 15) is 0 Å². The van der Waals surface area contributed by atoms with Crippen molar-refractivity contribution in [1.82, 2.24) is 0 Å². The molecule has 0 nitrogen and oxygen atoms in total. The highest BCUT2D eigenvalue weighted by Gasteiger charge is 1.85. The largest absolute Gasteiger partial charge is 0.100 e. The molecule has 0 aliphatic heterocycles. The van der Waals surface area contributed by atoms with Gasteiger partial charge in [0.15, 0.2) is 0 Å². The molecule has 90 valence electrons. The fourth-order valence-corrected chi connectivity index (χ4v) is 0.427. The molecule has 0 spiro atoms. The van der Waals surface area contributed by atoms with E-state index in [4.69, 9.17) is 0 Å². The quantitative estimate of drug-likeness (QED) is 0.505. The lowest BCUT2D eigenvalue weighted by atomic mass is 10.1. The highest BCUT2D eigenvalue weighted by molar-refractivity contribution is 4.96. The van der Waals surface area contributed by atoms with Crippen molar-refractivity contribution in [2.24, 2.45) is 0 Å². The normalized spacial score (nSPS) is 7.60. The second kappa shape index (κ2) is 15.7. The van der Waals surface area contributed by atoms with E-state index in [1.54, 1.807) is 0 Å². The van der Waals surface area contributed by atoms with Crippen LogP contribution in [0.25, 0.3) is 0 Å². The summed E-state index contributed by atoms with van der Waals surface area (Å²) in [5, 5.41) is 0. The molecule has 0 N–H and O–H groups in total. The maximum Gasteiger partial charge on any atom is -0.0289 e. The molecular formula is C15H30. The predicted octanol–water partition coefficient (Wildman–Crippen LogP) is 5.92. The van der Waals surface area contributed by atoms with Crippen molar-refractivity contribution in [2.75, 3.05) is 0 Å². The number of rotatable bonds is 4. The maximum absolute atomic E-state index is 3.79. The Labute approximate surface area is 97.8 Å². The monoisotopic (exact) mass is 210 g/mol. The summed E-state index contributed by atoms with van der Waals surface area (Å²) in [7, 11) is 0. The molecule has 0 aliphatic rings. The minimum absolute atomic E-state index is 1.09. The average Bonchev–Trinajstić information content (AvgIpc) is 2.19. The third-order valence-electron chi connectivity index (χ3n) is 1.58. The molecular weight excluding hydrogens is 180 g/mol. The molecule has 0 bridgehead atoms. The van der Waals surface area contributed by atoms with Crippen LogP contribution in [0.2, 0.25) is 0 Å². The van der Waals surface area contributed by atoms with Gasteiger partial charge in [0.2, 0.25) is 0 Å². The number of hydrogen-bond donors (Lipinski definition) is 0. The molecule has 0 fully saturated rings. The Kier molecular flexibility index (Phi) is 20.6. The first-order chi connectivity index (χ1) is 6.90. The Morgan fingerprint density at radius 2 is 0.933 bits per heavy atom. The summed E-state index contributed by atoms with van der Waals surface area (Å²) in [5.41, 5.74) is 3.74. The van der Waals surface area contributed by atoms with E-state index in [-0.39, 0.29) is 0 Å². The van der Waals surface area contributed by atoms with Gasteiger partial charge in [-0.2, -0.15) is 0 Å². The highest BCUT2D eigenvalue weighted by atomic mass is 13.9. The zero-order valence-electron chi connectivity index (χ0n) is 11.7. The van der Waals surface area contributed by atoms with E-state index in [0.29, 0.717) is 0 Å². The summed E-state index contributed by atoms with van der Waals surface area (Å²) >= 11 is 0.